The number of ether oxygens (including phenoxy) is 1. The Morgan fingerprint density at radius 3 is 2.20 bits per heavy atom. The Labute approximate surface area is 147 Å². The Balaban J connectivity index is 4.52. The Kier molecular flexibility index (Phi) is 10.2. The number of nitrogens with one attached hydrogen (secondary N) is 3. The highest BCUT2D eigenvalue weighted by Gasteiger charge is 2.24. The van der Waals surface area contributed by atoms with E-state index in [1.165, 1.54) is 6.92 Å². The SMILES string of the molecule is CC(=O)NCCCC[C@H](NC(=O)OC(C)(C)C)C(=O)NCCC(=O)O. The summed E-state index contributed by atoms with van der Waals surface area (Å²) in [6, 6.07) is -0.832. The smallest absolute Gasteiger partial charge is 0.408 e. The van der Waals surface area contributed by atoms with Crippen LogP contribution >= 0.6 is 0 Å². The van der Waals surface area contributed by atoms with Gasteiger partial charge in [0.05, 0.1) is 6.42 Å². The van der Waals surface area contributed by atoms with Crippen LogP contribution in [0.1, 0.15) is 53.4 Å². The van der Waals surface area contributed by atoms with Gasteiger partial charge in [-0.15, -0.1) is 0 Å². The van der Waals surface area contributed by atoms with Crippen molar-refractivity contribution in [3.63, 3.8) is 0 Å². The molecule has 0 bridgehead atoms. The van der Waals surface area contributed by atoms with Gasteiger partial charge in [-0.1, -0.05) is 0 Å². The molecule has 0 heterocycles. The Morgan fingerprint density at radius 2 is 1.68 bits per heavy atom. The van der Waals surface area contributed by atoms with Gasteiger partial charge in [-0.05, 0) is 40.0 Å². The first kappa shape index (κ1) is 22.7. The topological polar surface area (TPSA) is 134 Å². The van der Waals surface area contributed by atoms with Crippen molar-refractivity contribution in [2.45, 2.75) is 65.0 Å². The second-order valence-corrected chi connectivity index (χ2v) is 6.61. The highest BCUT2D eigenvalue weighted by Crippen LogP contribution is 2.08. The first-order chi connectivity index (χ1) is 11.5. The van der Waals surface area contributed by atoms with Gasteiger partial charge in [0.2, 0.25) is 11.8 Å². The van der Waals surface area contributed by atoms with Gasteiger partial charge < -0.3 is 25.8 Å². The molecule has 0 unspecified atom stereocenters. The molecule has 3 amide bonds. The summed E-state index contributed by atoms with van der Waals surface area (Å²) in [5.41, 5.74) is -0.695. The van der Waals surface area contributed by atoms with Gasteiger partial charge in [0, 0.05) is 20.0 Å². The van der Waals surface area contributed by atoms with Gasteiger partial charge >= 0.3 is 12.1 Å². The number of rotatable bonds is 10. The van der Waals surface area contributed by atoms with Crippen LogP contribution in [-0.2, 0) is 19.1 Å². The summed E-state index contributed by atoms with van der Waals surface area (Å²) >= 11 is 0. The zero-order valence-corrected chi connectivity index (χ0v) is 15.3. The normalized spacial score (nSPS) is 12.0. The molecule has 0 aliphatic rings. The van der Waals surface area contributed by atoms with Crippen molar-refractivity contribution in [1.82, 2.24) is 16.0 Å². The standard InChI is InChI=1S/C16H29N3O6/c1-11(20)17-9-6-5-7-12(14(23)18-10-8-13(21)22)19-15(24)25-16(2,3)4/h12H,5-10H2,1-4H3,(H,17,20)(H,18,23)(H,19,24)(H,21,22)/t12-/m0/s1. The predicted molar refractivity (Wildman–Crippen MR) is 91.0 cm³/mol. The molecule has 0 aliphatic carbocycles. The van der Waals surface area contributed by atoms with Crippen LogP contribution in [-0.4, -0.2) is 53.7 Å². The first-order valence-electron chi connectivity index (χ1n) is 8.24. The van der Waals surface area contributed by atoms with Crippen molar-refractivity contribution in [3.8, 4) is 0 Å². The van der Waals surface area contributed by atoms with Crippen LogP contribution in [0, 0.1) is 0 Å². The molecule has 0 aliphatic heterocycles. The molecule has 0 spiro atoms. The second-order valence-electron chi connectivity index (χ2n) is 6.61. The molecule has 4 N–H and O–H groups in total. The van der Waals surface area contributed by atoms with Gasteiger partial charge in [-0.25, -0.2) is 4.79 Å². The number of carboxylic acids is 1. The van der Waals surface area contributed by atoms with Gasteiger partial charge in [0.1, 0.15) is 11.6 Å². The summed E-state index contributed by atoms with van der Waals surface area (Å²) in [5.74, 6) is -1.62. The first-order valence-corrected chi connectivity index (χ1v) is 8.24. The van der Waals surface area contributed by atoms with E-state index in [-0.39, 0.29) is 18.9 Å². The molecule has 1 atom stereocenters. The van der Waals surface area contributed by atoms with E-state index in [0.717, 1.165) is 0 Å². The third kappa shape index (κ3) is 13.8. The van der Waals surface area contributed by atoms with E-state index in [0.29, 0.717) is 25.8 Å². The number of hydrogen-bond acceptors (Lipinski definition) is 5. The second kappa shape index (κ2) is 11.3. The number of amides is 3. The molecular weight excluding hydrogens is 330 g/mol. The summed E-state index contributed by atoms with van der Waals surface area (Å²) in [6.07, 6.45) is 0.667. The van der Waals surface area contributed by atoms with Gasteiger partial charge in [-0.2, -0.15) is 0 Å². The van der Waals surface area contributed by atoms with E-state index in [2.05, 4.69) is 16.0 Å². The molecule has 144 valence electrons. The number of aliphatic carboxylic acids is 1. The Morgan fingerprint density at radius 1 is 1.04 bits per heavy atom. The molecule has 9 heteroatoms. The minimum atomic E-state index is -1.02. The summed E-state index contributed by atoms with van der Waals surface area (Å²) in [5, 5.41) is 16.2. The molecule has 0 aromatic carbocycles. The highest BCUT2D eigenvalue weighted by atomic mass is 16.6. The number of unbranched alkanes of at least 4 members (excludes halogenated alkanes) is 1. The highest BCUT2D eigenvalue weighted by molar-refractivity contribution is 5.85. The van der Waals surface area contributed by atoms with E-state index in [1.54, 1.807) is 20.8 Å². The predicted octanol–water partition coefficient (Wildman–Crippen LogP) is 0.777. The maximum atomic E-state index is 12.2. The molecule has 0 saturated carbocycles. The molecule has 0 radical (unpaired) electrons. The average molecular weight is 359 g/mol. The lowest BCUT2D eigenvalue weighted by Gasteiger charge is -2.23. The van der Waals surface area contributed by atoms with Crippen molar-refractivity contribution >= 4 is 23.9 Å². The minimum absolute atomic E-state index is 0.0213. The summed E-state index contributed by atoms with van der Waals surface area (Å²) in [6.45, 7) is 7.01. The van der Waals surface area contributed by atoms with Crippen molar-refractivity contribution < 1.29 is 29.0 Å². The van der Waals surface area contributed by atoms with Crippen molar-refractivity contribution in [2.75, 3.05) is 13.1 Å². The van der Waals surface area contributed by atoms with Crippen LogP contribution < -0.4 is 16.0 Å². The zero-order chi connectivity index (χ0) is 19.5. The Bertz CT molecular complexity index is 473. The Hall–Kier alpha value is -2.32. The fourth-order valence-electron chi connectivity index (χ4n) is 1.87. The van der Waals surface area contributed by atoms with Crippen LogP contribution in [0.2, 0.25) is 0 Å². The van der Waals surface area contributed by atoms with Crippen LogP contribution in [0.15, 0.2) is 0 Å². The third-order valence-corrected chi connectivity index (χ3v) is 2.94. The molecular formula is C16H29N3O6. The van der Waals surface area contributed by atoms with Crippen molar-refractivity contribution in [2.24, 2.45) is 0 Å². The molecule has 0 saturated heterocycles. The minimum Gasteiger partial charge on any atom is -0.481 e. The van der Waals surface area contributed by atoms with E-state index < -0.39 is 29.6 Å². The summed E-state index contributed by atoms with van der Waals surface area (Å²) < 4.78 is 5.14. The number of alkyl carbamates (subject to hydrolysis) is 1. The lowest BCUT2D eigenvalue weighted by Crippen LogP contribution is -2.48. The number of hydrogen-bond donors (Lipinski definition) is 4. The largest absolute Gasteiger partial charge is 0.481 e. The van der Waals surface area contributed by atoms with Crippen LogP contribution in [0.3, 0.4) is 0 Å². The van der Waals surface area contributed by atoms with E-state index in [1.807, 2.05) is 0 Å². The maximum Gasteiger partial charge on any atom is 0.408 e. The number of carboxylic acid groups (broad SMARTS) is 1. The molecule has 0 rings (SSSR count). The van der Waals surface area contributed by atoms with Gasteiger partial charge in [0.15, 0.2) is 0 Å². The quantitative estimate of drug-likeness (QED) is 0.426. The molecule has 0 aromatic rings. The average Bonchev–Trinajstić information content (AvgIpc) is 2.42. The zero-order valence-electron chi connectivity index (χ0n) is 15.3. The third-order valence-electron chi connectivity index (χ3n) is 2.94. The fourth-order valence-corrected chi connectivity index (χ4v) is 1.87. The van der Waals surface area contributed by atoms with Gasteiger partial charge in [-0.3, -0.25) is 14.4 Å². The number of carbonyl (C=O) groups excluding carboxylic acids is 3. The van der Waals surface area contributed by atoms with Crippen LogP contribution in [0.25, 0.3) is 0 Å². The van der Waals surface area contributed by atoms with Crippen LogP contribution in [0.5, 0.6) is 0 Å². The maximum absolute atomic E-state index is 12.2. The molecule has 25 heavy (non-hydrogen) atoms. The number of carbonyl (C=O) groups is 4. The summed E-state index contributed by atoms with van der Waals surface area (Å²) in [4.78, 5) is 45.3. The molecule has 9 nitrogen and oxygen atoms in total. The van der Waals surface area contributed by atoms with E-state index >= 15 is 0 Å². The van der Waals surface area contributed by atoms with Crippen molar-refractivity contribution in [3.05, 3.63) is 0 Å². The fraction of sp³-hybridized carbons (Fsp3) is 0.750. The lowest BCUT2D eigenvalue weighted by atomic mass is 10.1. The van der Waals surface area contributed by atoms with Crippen LogP contribution in [0.4, 0.5) is 4.79 Å². The van der Waals surface area contributed by atoms with Crippen molar-refractivity contribution in [1.29, 1.82) is 0 Å². The van der Waals surface area contributed by atoms with E-state index in [4.69, 9.17) is 9.84 Å². The van der Waals surface area contributed by atoms with E-state index in [9.17, 15) is 19.2 Å². The monoisotopic (exact) mass is 359 g/mol. The van der Waals surface area contributed by atoms with Gasteiger partial charge in [0.25, 0.3) is 0 Å². The molecule has 0 fully saturated rings. The molecule has 0 aromatic heterocycles. The summed E-state index contributed by atoms with van der Waals surface area (Å²) in [7, 11) is 0. The lowest BCUT2D eigenvalue weighted by molar-refractivity contribution is -0.137.